The van der Waals surface area contributed by atoms with Gasteiger partial charge in [-0.3, -0.25) is 9.59 Å². The minimum atomic E-state index is -3.06. The molecule has 1 N–H and O–H groups in total. The van der Waals surface area contributed by atoms with Crippen molar-refractivity contribution in [1.29, 1.82) is 0 Å². The molecule has 27 heavy (non-hydrogen) atoms. The molecule has 9 heteroatoms. The van der Waals surface area contributed by atoms with Crippen molar-refractivity contribution in [2.75, 3.05) is 24.6 Å². The number of thiazole rings is 1. The Morgan fingerprint density at radius 3 is 2.44 bits per heavy atom. The van der Waals surface area contributed by atoms with Crippen LogP contribution < -0.4 is 5.32 Å². The Morgan fingerprint density at radius 1 is 1.19 bits per heavy atom. The van der Waals surface area contributed by atoms with Gasteiger partial charge in [-0.25, -0.2) is 13.4 Å². The maximum Gasteiger partial charge on any atom is 0.263 e. The quantitative estimate of drug-likeness (QED) is 0.828. The number of hydrogen-bond acceptors (Lipinski definition) is 6. The largest absolute Gasteiger partial charge is 0.340 e. The second kappa shape index (κ2) is 7.77. The molecular formula is C18H21N3O4S2. The van der Waals surface area contributed by atoms with Crippen LogP contribution in [0.2, 0.25) is 0 Å². The summed E-state index contributed by atoms with van der Waals surface area (Å²) in [6, 6.07) is 8.85. The average Bonchev–Trinajstić information content (AvgIpc) is 3.04. The van der Waals surface area contributed by atoms with E-state index in [4.69, 9.17) is 0 Å². The fourth-order valence-corrected chi connectivity index (χ4v) is 5.02. The molecule has 1 aromatic carbocycles. The second-order valence-electron chi connectivity index (χ2n) is 6.47. The van der Waals surface area contributed by atoms with Crippen molar-refractivity contribution in [2.24, 2.45) is 0 Å². The maximum atomic E-state index is 12.6. The Kier molecular flexibility index (Phi) is 5.61. The number of aromatic nitrogens is 1. The summed E-state index contributed by atoms with van der Waals surface area (Å²) in [6.45, 7) is 3.70. The number of amides is 2. The van der Waals surface area contributed by atoms with Crippen LogP contribution in [-0.2, 0) is 14.6 Å². The van der Waals surface area contributed by atoms with Crippen molar-refractivity contribution in [3.63, 3.8) is 0 Å². The number of hydrogen-bond donors (Lipinski definition) is 1. The first-order valence-corrected chi connectivity index (χ1v) is 11.2. The summed E-state index contributed by atoms with van der Waals surface area (Å²) < 4.78 is 23.0. The third kappa shape index (κ3) is 4.54. The molecule has 2 amide bonds. The Balaban J connectivity index is 1.66. The molecule has 0 saturated carbocycles. The fraction of sp³-hybridized carbons (Fsp3) is 0.389. The Labute approximate surface area is 162 Å². The fourth-order valence-electron chi connectivity index (χ4n) is 2.84. The van der Waals surface area contributed by atoms with Gasteiger partial charge in [0.2, 0.25) is 5.91 Å². The first kappa shape index (κ1) is 19.5. The zero-order chi connectivity index (χ0) is 19.6. The van der Waals surface area contributed by atoms with Gasteiger partial charge >= 0.3 is 0 Å². The molecule has 1 fully saturated rings. The molecule has 7 nitrogen and oxygen atoms in total. The van der Waals surface area contributed by atoms with Crippen LogP contribution in [0.4, 0.5) is 0 Å². The number of nitrogens with one attached hydrogen (secondary N) is 1. The van der Waals surface area contributed by atoms with Crippen LogP contribution in [-0.4, -0.2) is 60.8 Å². The summed E-state index contributed by atoms with van der Waals surface area (Å²) in [5.74, 6) is -0.692. The molecular weight excluding hydrogens is 386 g/mol. The lowest BCUT2D eigenvalue weighted by Gasteiger charge is -2.29. The van der Waals surface area contributed by atoms with E-state index in [1.54, 1.807) is 13.8 Å². The van der Waals surface area contributed by atoms with Crippen LogP contribution >= 0.6 is 11.3 Å². The topological polar surface area (TPSA) is 96.4 Å². The summed E-state index contributed by atoms with van der Waals surface area (Å²) in [4.78, 5) is 31.5. The summed E-state index contributed by atoms with van der Waals surface area (Å²) in [6.07, 6.45) is 0. The van der Waals surface area contributed by atoms with E-state index in [1.807, 2.05) is 30.3 Å². The summed E-state index contributed by atoms with van der Waals surface area (Å²) in [5.41, 5.74) is 1.54. The molecule has 1 saturated heterocycles. The van der Waals surface area contributed by atoms with Crippen molar-refractivity contribution in [1.82, 2.24) is 15.2 Å². The highest BCUT2D eigenvalue weighted by molar-refractivity contribution is 7.91. The third-order valence-electron chi connectivity index (χ3n) is 4.40. The predicted molar refractivity (Wildman–Crippen MR) is 104 cm³/mol. The van der Waals surface area contributed by atoms with Gasteiger partial charge < -0.3 is 10.2 Å². The lowest BCUT2D eigenvalue weighted by Crippen LogP contribution is -2.51. The van der Waals surface area contributed by atoms with Crippen LogP contribution in [0.25, 0.3) is 10.6 Å². The van der Waals surface area contributed by atoms with E-state index in [0.717, 1.165) is 10.6 Å². The Bertz CT molecular complexity index is 940. The van der Waals surface area contributed by atoms with Gasteiger partial charge in [0.15, 0.2) is 9.84 Å². The van der Waals surface area contributed by atoms with E-state index in [-0.39, 0.29) is 36.4 Å². The number of benzene rings is 1. The smallest absolute Gasteiger partial charge is 0.263 e. The zero-order valence-corrected chi connectivity index (χ0v) is 16.8. The number of carbonyl (C=O) groups is 2. The molecule has 1 aliphatic rings. The molecule has 1 aromatic heterocycles. The average molecular weight is 408 g/mol. The van der Waals surface area contributed by atoms with Crippen LogP contribution in [0.1, 0.15) is 22.3 Å². The maximum absolute atomic E-state index is 12.6. The number of nitrogens with zero attached hydrogens (tertiary/aromatic N) is 2. The molecule has 2 heterocycles. The number of carbonyl (C=O) groups excluding carboxylic acids is 2. The predicted octanol–water partition coefficient (Wildman–Crippen LogP) is 1.49. The van der Waals surface area contributed by atoms with E-state index in [2.05, 4.69) is 10.3 Å². The van der Waals surface area contributed by atoms with Crippen LogP contribution in [0.15, 0.2) is 30.3 Å². The van der Waals surface area contributed by atoms with Gasteiger partial charge in [0.25, 0.3) is 5.91 Å². The molecule has 0 radical (unpaired) electrons. The molecule has 1 atom stereocenters. The van der Waals surface area contributed by atoms with Gasteiger partial charge in [-0.2, -0.15) is 0 Å². The van der Waals surface area contributed by atoms with E-state index < -0.39 is 15.9 Å². The van der Waals surface area contributed by atoms with Gasteiger partial charge in [-0.05, 0) is 13.8 Å². The second-order valence-corrected chi connectivity index (χ2v) is 9.77. The van der Waals surface area contributed by atoms with Gasteiger partial charge in [0.05, 0.1) is 17.2 Å². The minimum Gasteiger partial charge on any atom is -0.340 e. The van der Waals surface area contributed by atoms with Crippen molar-refractivity contribution in [3.05, 3.63) is 40.9 Å². The Hall–Kier alpha value is -2.26. The van der Waals surface area contributed by atoms with E-state index in [9.17, 15) is 18.0 Å². The highest BCUT2D eigenvalue weighted by atomic mass is 32.2. The van der Waals surface area contributed by atoms with Crippen molar-refractivity contribution in [3.8, 4) is 10.6 Å². The lowest BCUT2D eigenvalue weighted by atomic mass is 10.2. The van der Waals surface area contributed by atoms with E-state index in [0.29, 0.717) is 10.6 Å². The number of aryl methyl sites for hydroxylation is 1. The number of rotatable bonds is 4. The van der Waals surface area contributed by atoms with Crippen LogP contribution in [0, 0.1) is 6.92 Å². The number of sulfone groups is 1. The normalized spacial score (nSPS) is 17.3. The van der Waals surface area contributed by atoms with Gasteiger partial charge in [-0.15, -0.1) is 11.3 Å². The molecule has 1 unspecified atom stereocenters. The van der Waals surface area contributed by atoms with Gasteiger partial charge in [0, 0.05) is 18.7 Å². The van der Waals surface area contributed by atoms with E-state index in [1.165, 1.54) is 16.2 Å². The zero-order valence-electron chi connectivity index (χ0n) is 15.1. The third-order valence-corrected chi connectivity index (χ3v) is 7.21. The molecule has 2 aromatic rings. The van der Waals surface area contributed by atoms with Gasteiger partial charge in [-0.1, -0.05) is 30.3 Å². The van der Waals surface area contributed by atoms with Crippen molar-refractivity contribution >= 4 is 33.0 Å². The van der Waals surface area contributed by atoms with Crippen molar-refractivity contribution < 1.29 is 18.0 Å². The SMILES string of the molecule is Cc1nc(-c2ccccc2)sc1C(=O)NC(C)C(=O)N1CCS(=O)(=O)CC1. The van der Waals surface area contributed by atoms with Crippen LogP contribution in [0.3, 0.4) is 0 Å². The van der Waals surface area contributed by atoms with Gasteiger partial charge in [0.1, 0.15) is 15.9 Å². The monoisotopic (exact) mass is 407 g/mol. The lowest BCUT2D eigenvalue weighted by molar-refractivity contribution is -0.132. The summed E-state index contributed by atoms with van der Waals surface area (Å²) in [7, 11) is -3.06. The van der Waals surface area contributed by atoms with E-state index >= 15 is 0 Å². The standard InChI is InChI=1S/C18H21N3O4S2/c1-12-15(26-17(20-12)14-6-4-3-5-7-14)16(22)19-13(2)18(23)21-8-10-27(24,25)11-9-21/h3-7,13H,8-11H2,1-2H3,(H,19,22). The first-order chi connectivity index (χ1) is 12.8. The van der Waals surface area contributed by atoms with Crippen molar-refractivity contribution in [2.45, 2.75) is 19.9 Å². The Morgan fingerprint density at radius 2 is 1.81 bits per heavy atom. The molecule has 0 aliphatic carbocycles. The minimum absolute atomic E-state index is 0.0339. The molecule has 0 bridgehead atoms. The molecule has 1 aliphatic heterocycles. The summed E-state index contributed by atoms with van der Waals surface area (Å²) in [5, 5.41) is 3.46. The molecule has 3 rings (SSSR count). The highest BCUT2D eigenvalue weighted by Gasteiger charge is 2.29. The van der Waals surface area contributed by atoms with Crippen LogP contribution in [0.5, 0.6) is 0 Å². The summed E-state index contributed by atoms with van der Waals surface area (Å²) >= 11 is 1.28. The first-order valence-electron chi connectivity index (χ1n) is 8.60. The molecule has 144 valence electrons. The molecule has 0 spiro atoms. The highest BCUT2D eigenvalue weighted by Crippen LogP contribution is 2.27.